The SMILES string of the molecule is COc1ccc([C@H](CNC(=O)[C@H]2C[C@@H]2c2cnn(C)c2)c2c[nH]c3ccccc23)cc1. The van der Waals surface area contributed by atoms with E-state index in [1.54, 1.807) is 11.8 Å². The standard InChI is InChI=1S/C25H26N4O2/c1-29-15-17(12-28-29)20-11-21(20)25(30)27-13-22(16-7-9-18(31-2)10-8-16)23-14-26-24-6-4-3-5-19(23)24/h3-10,12,14-15,20-22,26H,11,13H2,1-2H3,(H,27,30)/t20-,21+,22+/m1/s1. The largest absolute Gasteiger partial charge is 0.497 e. The van der Waals surface area contributed by atoms with Crippen molar-refractivity contribution in [3.05, 3.63) is 83.8 Å². The van der Waals surface area contributed by atoms with E-state index < -0.39 is 0 Å². The molecule has 0 saturated heterocycles. The summed E-state index contributed by atoms with van der Waals surface area (Å²) in [6, 6.07) is 16.4. The number of amides is 1. The van der Waals surface area contributed by atoms with E-state index in [0.717, 1.165) is 28.8 Å². The molecule has 3 atom stereocenters. The number of benzene rings is 2. The molecule has 0 radical (unpaired) electrons. The topological polar surface area (TPSA) is 71.9 Å². The fraction of sp³-hybridized carbons (Fsp3) is 0.280. The lowest BCUT2D eigenvalue weighted by molar-refractivity contribution is -0.122. The molecule has 1 amide bonds. The third-order valence-corrected chi connectivity index (χ3v) is 6.28. The summed E-state index contributed by atoms with van der Waals surface area (Å²) in [5, 5.41) is 8.63. The number of ether oxygens (including phenoxy) is 1. The first-order chi connectivity index (χ1) is 15.1. The molecule has 0 spiro atoms. The van der Waals surface area contributed by atoms with Crippen molar-refractivity contribution in [1.29, 1.82) is 0 Å². The number of nitrogens with one attached hydrogen (secondary N) is 2. The van der Waals surface area contributed by atoms with Crippen LogP contribution in [0, 0.1) is 5.92 Å². The van der Waals surface area contributed by atoms with E-state index in [9.17, 15) is 4.79 Å². The number of fused-ring (bicyclic) bond motifs is 1. The Labute approximate surface area is 181 Å². The summed E-state index contributed by atoms with van der Waals surface area (Å²) in [6.07, 6.45) is 6.81. The maximum absolute atomic E-state index is 12.9. The molecule has 158 valence electrons. The number of rotatable bonds is 7. The van der Waals surface area contributed by atoms with Crippen LogP contribution in [0.5, 0.6) is 5.75 Å². The van der Waals surface area contributed by atoms with Gasteiger partial charge in [-0.25, -0.2) is 0 Å². The molecule has 5 rings (SSSR count). The summed E-state index contributed by atoms with van der Waals surface area (Å²) in [5.41, 5.74) is 4.57. The molecule has 6 nitrogen and oxygen atoms in total. The van der Waals surface area contributed by atoms with Gasteiger partial charge in [0, 0.05) is 48.7 Å². The number of methoxy groups -OCH3 is 1. The number of aryl methyl sites for hydroxylation is 1. The molecule has 2 heterocycles. The third kappa shape index (κ3) is 3.81. The number of nitrogens with zero attached hydrogens (tertiary/aromatic N) is 2. The van der Waals surface area contributed by atoms with E-state index >= 15 is 0 Å². The Morgan fingerprint density at radius 1 is 1.26 bits per heavy atom. The second-order valence-electron chi connectivity index (χ2n) is 8.26. The number of hydrogen-bond acceptors (Lipinski definition) is 3. The number of carbonyl (C=O) groups is 1. The van der Waals surface area contributed by atoms with Gasteiger partial charge in [-0.05, 0) is 47.2 Å². The molecule has 1 aliphatic rings. The Kier molecular flexibility index (Phi) is 4.98. The van der Waals surface area contributed by atoms with Crippen molar-refractivity contribution < 1.29 is 9.53 Å². The van der Waals surface area contributed by atoms with Crippen LogP contribution >= 0.6 is 0 Å². The predicted molar refractivity (Wildman–Crippen MR) is 120 cm³/mol. The summed E-state index contributed by atoms with van der Waals surface area (Å²) in [6.45, 7) is 0.545. The van der Waals surface area contributed by atoms with Crippen LogP contribution in [-0.4, -0.2) is 34.3 Å². The summed E-state index contributed by atoms with van der Waals surface area (Å²) in [5.74, 6) is 1.29. The Morgan fingerprint density at radius 3 is 2.81 bits per heavy atom. The van der Waals surface area contributed by atoms with Gasteiger partial charge >= 0.3 is 0 Å². The number of aromatic nitrogens is 3. The van der Waals surface area contributed by atoms with Gasteiger partial charge in [-0.3, -0.25) is 9.48 Å². The van der Waals surface area contributed by atoms with Gasteiger partial charge in [-0.2, -0.15) is 5.10 Å². The second-order valence-corrected chi connectivity index (χ2v) is 8.26. The Morgan fingerprint density at radius 2 is 2.06 bits per heavy atom. The van der Waals surface area contributed by atoms with Crippen molar-refractivity contribution >= 4 is 16.8 Å². The van der Waals surface area contributed by atoms with Crippen molar-refractivity contribution in [2.75, 3.05) is 13.7 Å². The molecule has 0 bridgehead atoms. The Bertz CT molecular complexity index is 1210. The molecule has 31 heavy (non-hydrogen) atoms. The number of hydrogen-bond donors (Lipinski definition) is 2. The molecule has 0 unspecified atom stereocenters. The van der Waals surface area contributed by atoms with Crippen molar-refractivity contribution in [2.45, 2.75) is 18.3 Å². The van der Waals surface area contributed by atoms with Gasteiger partial charge in [-0.15, -0.1) is 0 Å². The van der Waals surface area contributed by atoms with Gasteiger partial charge in [0.15, 0.2) is 0 Å². The van der Waals surface area contributed by atoms with Gasteiger partial charge in [-0.1, -0.05) is 30.3 Å². The van der Waals surface area contributed by atoms with E-state index in [1.807, 2.05) is 43.7 Å². The van der Waals surface area contributed by atoms with Crippen LogP contribution in [-0.2, 0) is 11.8 Å². The third-order valence-electron chi connectivity index (χ3n) is 6.28. The Hall–Kier alpha value is -3.54. The van der Waals surface area contributed by atoms with Crippen molar-refractivity contribution in [1.82, 2.24) is 20.1 Å². The Balaban J connectivity index is 1.36. The summed E-state index contributed by atoms with van der Waals surface area (Å²) in [4.78, 5) is 16.3. The molecule has 4 aromatic rings. The molecular weight excluding hydrogens is 388 g/mol. The van der Waals surface area contributed by atoms with Crippen molar-refractivity contribution in [3.63, 3.8) is 0 Å². The van der Waals surface area contributed by atoms with Crippen molar-refractivity contribution in [3.8, 4) is 5.75 Å². The lowest BCUT2D eigenvalue weighted by Gasteiger charge is -2.19. The highest BCUT2D eigenvalue weighted by molar-refractivity contribution is 5.85. The van der Waals surface area contributed by atoms with Gasteiger partial charge < -0.3 is 15.0 Å². The quantitative estimate of drug-likeness (QED) is 0.481. The van der Waals surface area contributed by atoms with Gasteiger partial charge in [0.05, 0.1) is 13.3 Å². The van der Waals surface area contributed by atoms with E-state index in [2.05, 4.69) is 45.9 Å². The lowest BCUT2D eigenvalue weighted by atomic mass is 9.90. The summed E-state index contributed by atoms with van der Waals surface area (Å²) < 4.78 is 7.11. The molecule has 6 heteroatoms. The maximum Gasteiger partial charge on any atom is 0.223 e. The van der Waals surface area contributed by atoms with Crippen LogP contribution in [0.1, 0.15) is 34.9 Å². The molecule has 0 aliphatic heterocycles. The average Bonchev–Trinajstić information content (AvgIpc) is 3.31. The highest BCUT2D eigenvalue weighted by Crippen LogP contribution is 2.47. The first-order valence-corrected chi connectivity index (χ1v) is 10.6. The maximum atomic E-state index is 12.9. The summed E-state index contributed by atoms with van der Waals surface area (Å²) >= 11 is 0. The molecule has 1 aliphatic carbocycles. The zero-order valence-electron chi connectivity index (χ0n) is 17.7. The van der Waals surface area contributed by atoms with Crippen LogP contribution in [0.25, 0.3) is 10.9 Å². The first kappa shape index (κ1) is 19.4. The second kappa shape index (κ2) is 7.95. The van der Waals surface area contributed by atoms with E-state index in [0.29, 0.717) is 6.54 Å². The molecular formula is C25H26N4O2. The molecule has 1 fully saturated rings. The normalized spacial score (nSPS) is 18.6. The van der Waals surface area contributed by atoms with Crippen molar-refractivity contribution in [2.24, 2.45) is 13.0 Å². The molecule has 2 N–H and O–H groups in total. The van der Waals surface area contributed by atoms with Gasteiger partial charge in [0.25, 0.3) is 0 Å². The van der Waals surface area contributed by atoms with E-state index in [-0.39, 0.29) is 23.7 Å². The number of carbonyl (C=O) groups excluding carboxylic acids is 1. The minimum Gasteiger partial charge on any atom is -0.497 e. The molecule has 1 saturated carbocycles. The highest BCUT2D eigenvalue weighted by Gasteiger charge is 2.44. The molecule has 2 aromatic heterocycles. The van der Waals surface area contributed by atoms with Crippen LogP contribution in [0.3, 0.4) is 0 Å². The van der Waals surface area contributed by atoms with Crippen LogP contribution in [0.4, 0.5) is 0 Å². The van der Waals surface area contributed by atoms with Crippen LogP contribution < -0.4 is 10.1 Å². The van der Waals surface area contributed by atoms with Crippen LogP contribution in [0.15, 0.2) is 67.1 Å². The fourth-order valence-electron chi connectivity index (χ4n) is 4.44. The number of para-hydroxylation sites is 1. The highest BCUT2D eigenvalue weighted by atomic mass is 16.5. The van der Waals surface area contributed by atoms with E-state index in [1.165, 1.54) is 10.9 Å². The molecule has 2 aromatic carbocycles. The monoisotopic (exact) mass is 414 g/mol. The zero-order valence-corrected chi connectivity index (χ0v) is 17.7. The van der Waals surface area contributed by atoms with Crippen LogP contribution in [0.2, 0.25) is 0 Å². The fourth-order valence-corrected chi connectivity index (χ4v) is 4.44. The first-order valence-electron chi connectivity index (χ1n) is 10.6. The van der Waals surface area contributed by atoms with Gasteiger partial charge in [0.2, 0.25) is 5.91 Å². The average molecular weight is 415 g/mol. The zero-order chi connectivity index (χ0) is 21.4. The minimum atomic E-state index is 0.0312. The summed E-state index contributed by atoms with van der Waals surface area (Å²) in [7, 11) is 3.57. The predicted octanol–water partition coefficient (Wildman–Crippen LogP) is 3.96. The number of H-pyrrole nitrogens is 1. The lowest BCUT2D eigenvalue weighted by Crippen LogP contribution is -2.30. The van der Waals surface area contributed by atoms with E-state index in [4.69, 9.17) is 4.74 Å². The minimum absolute atomic E-state index is 0.0312. The van der Waals surface area contributed by atoms with Gasteiger partial charge in [0.1, 0.15) is 5.75 Å². The number of aromatic amines is 1. The smallest absolute Gasteiger partial charge is 0.223 e.